The van der Waals surface area contributed by atoms with Gasteiger partial charge in [-0.25, -0.2) is 0 Å². The number of aromatic nitrogens is 1. The van der Waals surface area contributed by atoms with E-state index in [2.05, 4.69) is 37.5 Å². The van der Waals surface area contributed by atoms with Gasteiger partial charge in [-0.1, -0.05) is 12.0 Å². The van der Waals surface area contributed by atoms with Crippen LogP contribution in [0.2, 0.25) is 0 Å². The number of ether oxygens (including phenoxy) is 3. The number of hydrogen-bond acceptors (Lipinski definition) is 8. The van der Waals surface area contributed by atoms with Crippen molar-refractivity contribution >= 4 is 34.3 Å². The van der Waals surface area contributed by atoms with Crippen molar-refractivity contribution in [2.24, 2.45) is 0 Å². The molecule has 3 aromatic rings. The third-order valence-corrected chi connectivity index (χ3v) is 7.70. The SMILES string of the molecule is CNC(=O)c1ccc(NCC#Cc2cc3c(NC4CCN(CC5COC(=[N+]=O)O5)CC4)cccc3n2CC(F)(F)F)c(OC)c1. The number of halogens is 3. The summed E-state index contributed by atoms with van der Waals surface area (Å²) in [6.45, 7) is 1.45. The Kier molecular flexibility index (Phi) is 9.71. The normalized spacial score (nSPS) is 17.1. The van der Waals surface area contributed by atoms with Gasteiger partial charge in [0.1, 0.15) is 18.9 Å². The predicted octanol–water partition coefficient (Wildman–Crippen LogP) is 3.52. The molecule has 0 bridgehead atoms. The van der Waals surface area contributed by atoms with Gasteiger partial charge in [-0.2, -0.15) is 13.2 Å². The lowest BCUT2D eigenvalue weighted by atomic mass is 10.0. The largest absolute Gasteiger partial charge is 0.743 e. The van der Waals surface area contributed by atoms with Crippen LogP contribution in [0, 0.1) is 16.7 Å². The van der Waals surface area contributed by atoms with E-state index in [1.54, 1.807) is 36.4 Å². The Hall–Kier alpha value is -4.86. The molecule has 2 aromatic carbocycles. The third kappa shape index (κ3) is 7.81. The number of nitrogens with one attached hydrogen (secondary N) is 3. The molecule has 1 unspecified atom stereocenters. The highest BCUT2D eigenvalue weighted by atomic mass is 19.4. The summed E-state index contributed by atoms with van der Waals surface area (Å²) in [6.07, 6.45) is -3.26. The summed E-state index contributed by atoms with van der Waals surface area (Å²) >= 11 is 0. The molecular weight excluding hydrogens is 593 g/mol. The van der Waals surface area contributed by atoms with E-state index in [9.17, 15) is 22.9 Å². The first kappa shape index (κ1) is 31.6. The highest BCUT2D eigenvalue weighted by Gasteiger charge is 2.35. The van der Waals surface area contributed by atoms with Gasteiger partial charge in [0.25, 0.3) is 5.91 Å². The Morgan fingerprint density at radius 1 is 1.16 bits per heavy atom. The van der Waals surface area contributed by atoms with Crippen LogP contribution < -0.4 is 25.5 Å². The molecule has 238 valence electrons. The van der Waals surface area contributed by atoms with Crippen molar-refractivity contribution in [3.8, 4) is 17.6 Å². The fourth-order valence-electron chi connectivity index (χ4n) is 5.54. The number of alkyl halides is 3. The van der Waals surface area contributed by atoms with Crippen LogP contribution in [0.4, 0.5) is 24.5 Å². The number of hydrogen-bond donors (Lipinski definition) is 3. The minimum atomic E-state index is -4.44. The molecule has 1 atom stereocenters. The fraction of sp³-hybridized carbons (Fsp3) is 0.419. The van der Waals surface area contributed by atoms with Crippen molar-refractivity contribution in [2.75, 3.05) is 57.6 Å². The Labute approximate surface area is 257 Å². The van der Waals surface area contributed by atoms with E-state index < -0.39 is 12.7 Å². The summed E-state index contributed by atoms with van der Waals surface area (Å²) in [5.74, 6) is 6.02. The van der Waals surface area contributed by atoms with Crippen LogP contribution in [0.1, 0.15) is 28.9 Å². The molecule has 0 aliphatic carbocycles. The Balaban J connectivity index is 1.28. The van der Waals surface area contributed by atoms with Gasteiger partial charge in [-0.3, -0.25) is 9.69 Å². The fourth-order valence-corrected chi connectivity index (χ4v) is 5.54. The maximum Gasteiger partial charge on any atom is 0.743 e. The van der Waals surface area contributed by atoms with Crippen LogP contribution in [-0.4, -0.2) is 86.7 Å². The second kappa shape index (κ2) is 13.8. The molecule has 45 heavy (non-hydrogen) atoms. The maximum absolute atomic E-state index is 13.6. The number of carbonyl (C=O) groups is 1. The maximum atomic E-state index is 13.6. The molecule has 2 saturated heterocycles. The quantitative estimate of drug-likeness (QED) is 0.244. The first-order valence-electron chi connectivity index (χ1n) is 14.5. The smallest absolute Gasteiger partial charge is 0.495 e. The minimum Gasteiger partial charge on any atom is -0.495 e. The number of nitrogens with zero attached hydrogens (tertiary/aromatic N) is 3. The van der Waals surface area contributed by atoms with Gasteiger partial charge in [-0.05, 0) is 55.2 Å². The minimum absolute atomic E-state index is 0.126. The second-order valence-electron chi connectivity index (χ2n) is 10.7. The zero-order valence-electron chi connectivity index (χ0n) is 24.9. The van der Waals surface area contributed by atoms with Crippen LogP contribution in [0.15, 0.2) is 42.5 Å². The summed E-state index contributed by atoms with van der Waals surface area (Å²) in [4.78, 5) is 27.4. The van der Waals surface area contributed by atoms with Gasteiger partial charge in [-0.15, -0.1) is 0 Å². The zero-order valence-corrected chi connectivity index (χ0v) is 24.9. The molecule has 0 radical (unpaired) electrons. The lowest BCUT2D eigenvalue weighted by molar-refractivity contribution is -0.140. The monoisotopic (exact) mass is 627 g/mol. The number of fused-ring (bicyclic) bond motifs is 1. The van der Waals surface area contributed by atoms with Crippen molar-refractivity contribution in [1.29, 1.82) is 0 Å². The van der Waals surface area contributed by atoms with E-state index in [-0.39, 0.29) is 43.0 Å². The molecule has 3 N–H and O–H groups in total. The van der Waals surface area contributed by atoms with Gasteiger partial charge in [0.2, 0.25) is 0 Å². The molecule has 0 saturated carbocycles. The van der Waals surface area contributed by atoms with E-state index in [1.165, 1.54) is 18.7 Å². The number of likely N-dealkylation sites (tertiary alicyclic amines) is 1. The van der Waals surface area contributed by atoms with E-state index >= 15 is 0 Å². The summed E-state index contributed by atoms with van der Waals surface area (Å²) < 4.78 is 58.0. The summed E-state index contributed by atoms with van der Waals surface area (Å²) in [6, 6.07) is 12.0. The number of amides is 1. The lowest BCUT2D eigenvalue weighted by Gasteiger charge is -2.33. The first-order valence-corrected chi connectivity index (χ1v) is 14.5. The summed E-state index contributed by atoms with van der Waals surface area (Å²) in [7, 11) is 3.01. The van der Waals surface area contributed by atoms with E-state index in [4.69, 9.17) is 14.2 Å². The topological polar surface area (TPSA) is 120 Å². The number of rotatable bonds is 9. The second-order valence-corrected chi connectivity index (χ2v) is 10.7. The Morgan fingerprint density at radius 2 is 1.96 bits per heavy atom. The molecule has 2 aliphatic rings. The standard InChI is InChI=1S/C31H33F3N6O5/c1-35-29(41)20-8-9-26(28(15-20)43-2)36-12-4-5-22-16-24-25(6-3-7-27(24)40(22)19-31(32,33)34)37-21-10-13-39(14-11-21)17-23-18-44-30(38-42)45-23/h3,6-9,15-16,21,23,37H,10-14,17-19H2,1-2H3,(H-,35,36,41)/p+1. The summed E-state index contributed by atoms with van der Waals surface area (Å²) in [5, 5.41) is 9.85. The molecule has 11 nitrogen and oxygen atoms in total. The molecule has 3 heterocycles. The lowest BCUT2D eigenvalue weighted by Crippen LogP contribution is -2.43. The Bertz CT molecular complexity index is 1650. The molecule has 1 aromatic heterocycles. The van der Waals surface area contributed by atoms with Gasteiger partial charge in [0, 0.05) is 49.4 Å². The van der Waals surface area contributed by atoms with Crippen molar-refractivity contribution in [3.63, 3.8) is 0 Å². The first-order chi connectivity index (χ1) is 21.7. The van der Waals surface area contributed by atoms with Crippen LogP contribution in [0.25, 0.3) is 10.9 Å². The number of anilines is 2. The van der Waals surface area contributed by atoms with E-state index in [0.29, 0.717) is 34.4 Å². The molecule has 14 heteroatoms. The number of carbonyl (C=O) groups excluding carboxylic acids is 1. The van der Waals surface area contributed by atoms with Crippen molar-refractivity contribution in [1.82, 2.24) is 19.6 Å². The van der Waals surface area contributed by atoms with Crippen LogP contribution in [0.5, 0.6) is 5.75 Å². The summed E-state index contributed by atoms with van der Waals surface area (Å²) in [5.41, 5.74) is 2.45. The van der Waals surface area contributed by atoms with Crippen LogP contribution in [0.3, 0.4) is 0 Å². The van der Waals surface area contributed by atoms with Crippen molar-refractivity contribution in [3.05, 3.63) is 58.6 Å². The van der Waals surface area contributed by atoms with Gasteiger partial charge < -0.3 is 34.7 Å². The molecule has 2 aliphatic heterocycles. The van der Waals surface area contributed by atoms with E-state index in [1.807, 2.05) is 6.07 Å². The molecule has 1 amide bonds. The number of nitroso groups, excluding NO2 is 1. The van der Waals surface area contributed by atoms with E-state index in [0.717, 1.165) is 31.6 Å². The molecule has 0 spiro atoms. The van der Waals surface area contributed by atoms with Gasteiger partial charge in [0.05, 0.1) is 30.6 Å². The molecular formula is C31H34F3N6O5+. The van der Waals surface area contributed by atoms with Crippen LogP contribution >= 0.6 is 0 Å². The average Bonchev–Trinajstić information content (AvgIpc) is 3.63. The van der Waals surface area contributed by atoms with Crippen molar-refractivity contribution < 1.29 is 32.2 Å². The highest BCUT2D eigenvalue weighted by molar-refractivity contribution is 5.95. The Morgan fingerprint density at radius 3 is 2.64 bits per heavy atom. The van der Waals surface area contributed by atoms with Crippen LogP contribution in [-0.2, 0) is 16.0 Å². The van der Waals surface area contributed by atoms with Gasteiger partial charge in [0.15, 0.2) is 11.0 Å². The van der Waals surface area contributed by atoms with Gasteiger partial charge >= 0.3 is 17.1 Å². The third-order valence-electron chi connectivity index (χ3n) is 7.70. The average molecular weight is 628 g/mol. The number of methoxy groups -OCH3 is 1. The zero-order chi connectivity index (χ0) is 32.0. The molecule has 2 fully saturated rings. The number of benzene rings is 2. The molecule has 5 rings (SSSR count). The van der Waals surface area contributed by atoms with Crippen molar-refractivity contribution in [2.45, 2.75) is 37.7 Å². The number of piperidine rings is 1. The highest BCUT2D eigenvalue weighted by Crippen LogP contribution is 2.31. The predicted molar refractivity (Wildman–Crippen MR) is 164 cm³/mol.